The SMILES string of the molecule is [CH2]c1ccccc1C(=O)Oc1ccccc1Cl. The molecule has 0 saturated heterocycles. The van der Waals surface area contributed by atoms with Gasteiger partial charge in [0.1, 0.15) is 5.75 Å². The lowest BCUT2D eigenvalue weighted by Gasteiger charge is -2.07. The molecule has 0 aliphatic carbocycles. The average molecular weight is 246 g/mol. The van der Waals surface area contributed by atoms with Crippen LogP contribution >= 0.6 is 11.6 Å². The summed E-state index contributed by atoms with van der Waals surface area (Å²) in [6, 6.07) is 13.8. The van der Waals surface area contributed by atoms with Gasteiger partial charge in [-0.1, -0.05) is 41.9 Å². The van der Waals surface area contributed by atoms with Crippen LogP contribution in [0.1, 0.15) is 15.9 Å². The predicted octanol–water partition coefficient (Wildman–Crippen LogP) is 3.74. The maximum atomic E-state index is 11.9. The Labute approximate surface area is 105 Å². The van der Waals surface area contributed by atoms with E-state index in [2.05, 4.69) is 6.92 Å². The molecule has 2 nitrogen and oxygen atoms in total. The summed E-state index contributed by atoms with van der Waals surface area (Å²) in [5.41, 5.74) is 1.07. The fraction of sp³-hybridized carbons (Fsp3) is 0. The molecule has 3 heteroatoms. The topological polar surface area (TPSA) is 26.3 Å². The zero-order valence-corrected chi connectivity index (χ0v) is 9.78. The first-order valence-corrected chi connectivity index (χ1v) is 5.44. The number of carbonyl (C=O) groups excluding carboxylic acids is 1. The van der Waals surface area contributed by atoms with Gasteiger partial charge in [0.15, 0.2) is 0 Å². The van der Waals surface area contributed by atoms with Crippen LogP contribution in [-0.4, -0.2) is 5.97 Å². The lowest BCUT2D eigenvalue weighted by atomic mass is 10.1. The number of carbonyl (C=O) groups is 1. The minimum absolute atomic E-state index is 0.349. The Morgan fingerprint density at radius 2 is 1.71 bits per heavy atom. The van der Waals surface area contributed by atoms with E-state index in [9.17, 15) is 4.79 Å². The van der Waals surface area contributed by atoms with E-state index in [-0.39, 0.29) is 0 Å². The number of ether oxygens (including phenoxy) is 1. The number of benzene rings is 2. The fourth-order valence-electron chi connectivity index (χ4n) is 1.40. The molecule has 0 atom stereocenters. The van der Waals surface area contributed by atoms with Crippen molar-refractivity contribution in [2.75, 3.05) is 0 Å². The zero-order valence-electron chi connectivity index (χ0n) is 9.02. The summed E-state index contributed by atoms with van der Waals surface area (Å²) in [6.07, 6.45) is 0. The molecule has 85 valence electrons. The van der Waals surface area contributed by atoms with Gasteiger partial charge in [0.2, 0.25) is 0 Å². The maximum Gasteiger partial charge on any atom is 0.343 e. The third-order valence-corrected chi connectivity index (χ3v) is 2.59. The quantitative estimate of drug-likeness (QED) is 0.595. The Hall–Kier alpha value is -1.80. The van der Waals surface area contributed by atoms with Gasteiger partial charge in [0.05, 0.1) is 10.6 Å². The molecule has 0 amide bonds. The second-order valence-corrected chi connectivity index (χ2v) is 3.88. The number of rotatable bonds is 2. The van der Waals surface area contributed by atoms with Crippen LogP contribution in [0.3, 0.4) is 0 Å². The van der Waals surface area contributed by atoms with Crippen LogP contribution < -0.4 is 4.74 Å². The maximum absolute atomic E-state index is 11.9. The molecule has 2 rings (SSSR count). The highest BCUT2D eigenvalue weighted by Gasteiger charge is 2.12. The number of hydrogen-bond acceptors (Lipinski definition) is 2. The summed E-state index contributed by atoms with van der Waals surface area (Å²) in [5.74, 6) is -0.105. The van der Waals surface area contributed by atoms with E-state index in [1.807, 2.05) is 6.07 Å². The van der Waals surface area contributed by atoms with Gasteiger partial charge in [-0.2, -0.15) is 0 Å². The Kier molecular flexibility index (Phi) is 3.45. The van der Waals surface area contributed by atoms with Crippen LogP contribution in [0, 0.1) is 6.92 Å². The van der Waals surface area contributed by atoms with E-state index in [1.165, 1.54) is 0 Å². The van der Waals surface area contributed by atoms with Crippen molar-refractivity contribution in [3.05, 3.63) is 71.6 Å². The first-order valence-electron chi connectivity index (χ1n) is 5.06. The molecular formula is C14H10ClO2. The van der Waals surface area contributed by atoms with E-state index < -0.39 is 5.97 Å². The molecular weight excluding hydrogens is 236 g/mol. The minimum Gasteiger partial charge on any atom is -0.421 e. The second kappa shape index (κ2) is 5.02. The normalized spacial score (nSPS) is 10.0. The monoisotopic (exact) mass is 245 g/mol. The zero-order chi connectivity index (χ0) is 12.3. The molecule has 1 radical (unpaired) electrons. The molecule has 0 aromatic heterocycles. The van der Waals surface area contributed by atoms with E-state index in [0.717, 1.165) is 0 Å². The van der Waals surface area contributed by atoms with Gasteiger partial charge in [-0.15, -0.1) is 0 Å². The highest BCUT2D eigenvalue weighted by atomic mass is 35.5. The Morgan fingerprint density at radius 3 is 2.41 bits per heavy atom. The molecule has 0 aliphatic heterocycles. The lowest BCUT2D eigenvalue weighted by molar-refractivity contribution is 0.0734. The van der Waals surface area contributed by atoms with E-state index in [1.54, 1.807) is 42.5 Å². The van der Waals surface area contributed by atoms with Crippen LogP contribution in [0.5, 0.6) is 5.75 Å². The smallest absolute Gasteiger partial charge is 0.343 e. The molecule has 0 bridgehead atoms. The van der Waals surface area contributed by atoms with Gasteiger partial charge in [0.25, 0.3) is 0 Å². The van der Waals surface area contributed by atoms with Crippen LogP contribution in [0.15, 0.2) is 48.5 Å². The summed E-state index contributed by atoms with van der Waals surface area (Å²) in [5, 5.41) is 0.405. The number of esters is 1. The van der Waals surface area contributed by atoms with Gasteiger partial charge in [0, 0.05) is 0 Å². The van der Waals surface area contributed by atoms with Crippen molar-refractivity contribution in [1.29, 1.82) is 0 Å². The molecule has 0 fully saturated rings. The van der Waals surface area contributed by atoms with Crippen LogP contribution in [0.4, 0.5) is 0 Å². The van der Waals surface area contributed by atoms with Crippen LogP contribution in [0.25, 0.3) is 0 Å². The third kappa shape index (κ3) is 2.66. The first-order chi connectivity index (χ1) is 8.18. The summed E-state index contributed by atoms with van der Waals surface area (Å²) in [7, 11) is 0. The molecule has 0 aliphatic rings. The van der Waals surface area contributed by atoms with Gasteiger partial charge in [-0.05, 0) is 30.7 Å². The van der Waals surface area contributed by atoms with E-state index in [4.69, 9.17) is 16.3 Å². The molecule has 0 heterocycles. The van der Waals surface area contributed by atoms with E-state index in [0.29, 0.717) is 21.9 Å². The second-order valence-electron chi connectivity index (χ2n) is 3.48. The highest BCUT2D eigenvalue weighted by molar-refractivity contribution is 6.32. The number of hydrogen-bond donors (Lipinski definition) is 0. The molecule has 0 saturated carbocycles. The highest BCUT2D eigenvalue weighted by Crippen LogP contribution is 2.24. The Balaban J connectivity index is 2.24. The summed E-state index contributed by atoms with van der Waals surface area (Å²) in [4.78, 5) is 11.9. The number of halogens is 1. The van der Waals surface area contributed by atoms with Crippen molar-refractivity contribution >= 4 is 17.6 Å². The van der Waals surface area contributed by atoms with Crippen molar-refractivity contribution in [3.63, 3.8) is 0 Å². The van der Waals surface area contributed by atoms with Crippen molar-refractivity contribution in [3.8, 4) is 5.75 Å². The van der Waals surface area contributed by atoms with Gasteiger partial charge in [-0.25, -0.2) is 4.79 Å². The van der Waals surface area contributed by atoms with Gasteiger partial charge < -0.3 is 4.74 Å². The molecule has 0 spiro atoms. The van der Waals surface area contributed by atoms with Crippen LogP contribution in [-0.2, 0) is 0 Å². The lowest BCUT2D eigenvalue weighted by Crippen LogP contribution is -2.10. The van der Waals surface area contributed by atoms with Gasteiger partial charge in [-0.3, -0.25) is 0 Å². The van der Waals surface area contributed by atoms with Gasteiger partial charge >= 0.3 is 5.97 Å². The summed E-state index contributed by atoms with van der Waals surface area (Å²) >= 11 is 5.90. The average Bonchev–Trinajstić information content (AvgIpc) is 2.32. The van der Waals surface area contributed by atoms with Crippen molar-refractivity contribution in [1.82, 2.24) is 0 Å². The first kappa shape index (κ1) is 11.7. The van der Waals surface area contributed by atoms with Crippen molar-refractivity contribution < 1.29 is 9.53 Å². The molecule has 17 heavy (non-hydrogen) atoms. The predicted molar refractivity (Wildman–Crippen MR) is 67.3 cm³/mol. The van der Waals surface area contributed by atoms with Crippen molar-refractivity contribution in [2.24, 2.45) is 0 Å². The molecule has 2 aromatic carbocycles. The summed E-state index contributed by atoms with van der Waals surface area (Å²) in [6.45, 7) is 3.77. The molecule has 0 N–H and O–H groups in total. The molecule has 2 aromatic rings. The largest absolute Gasteiger partial charge is 0.421 e. The molecule has 0 unspecified atom stereocenters. The Bertz CT molecular complexity index is 549. The fourth-order valence-corrected chi connectivity index (χ4v) is 1.58. The van der Waals surface area contributed by atoms with Crippen LogP contribution in [0.2, 0.25) is 5.02 Å². The van der Waals surface area contributed by atoms with E-state index >= 15 is 0 Å². The number of para-hydroxylation sites is 1. The third-order valence-electron chi connectivity index (χ3n) is 2.28. The van der Waals surface area contributed by atoms with Crippen molar-refractivity contribution in [2.45, 2.75) is 0 Å². The minimum atomic E-state index is -0.455. The summed E-state index contributed by atoms with van der Waals surface area (Å²) < 4.78 is 5.20. The standard InChI is InChI=1S/C14H10ClO2/c1-10-6-2-3-7-11(10)14(16)17-13-9-5-4-8-12(13)15/h2-9H,1H2. The Morgan fingerprint density at radius 1 is 1.06 bits per heavy atom.